The van der Waals surface area contributed by atoms with Crippen LogP contribution in [-0.4, -0.2) is 23.7 Å². The van der Waals surface area contributed by atoms with Crippen LogP contribution in [0.15, 0.2) is 65.7 Å². The lowest BCUT2D eigenvalue weighted by Gasteiger charge is -2.21. The zero-order valence-electron chi connectivity index (χ0n) is 19.4. The zero-order chi connectivity index (χ0) is 22.8. The zero-order valence-corrected chi connectivity index (χ0v) is 20.2. The summed E-state index contributed by atoms with van der Waals surface area (Å²) in [5.41, 5.74) is 6.69. The molecule has 1 heterocycles. The van der Waals surface area contributed by atoms with Crippen molar-refractivity contribution < 1.29 is 4.79 Å². The van der Waals surface area contributed by atoms with Crippen LogP contribution in [0.1, 0.15) is 71.6 Å². The highest BCUT2D eigenvalue weighted by Gasteiger charge is 2.29. The van der Waals surface area contributed by atoms with E-state index in [2.05, 4.69) is 71.6 Å². The third kappa shape index (κ3) is 5.41. The highest BCUT2D eigenvalue weighted by Crippen LogP contribution is 2.46. The van der Waals surface area contributed by atoms with Crippen LogP contribution in [-0.2, 0) is 6.54 Å². The molecular weight excluding hydrogens is 426 g/mol. The number of nitrogens with zero attached hydrogens (tertiary/aromatic N) is 2. The number of carbonyl (C=O) groups excluding carboxylic acids is 1. The number of carbonyl (C=O) groups is 1. The van der Waals surface area contributed by atoms with E-state index in [-0.39, 0.29) is 5.91 Å². The van der Waals surface area contributed by atoms with Crippen molar-refractivity contribution in [2.75, 3.05) is 17.7 Å². The second-order valence-electron chi connectivity index (χ2n) is 9.13. The van der Waals surface area contributed by atoms with Gasteiger partial charge in [0.15, 0.2) is 0 Å². The molecule has 0 bridgehead atoms. The number of hydrogen-bond donors (Lipinski definition) is 1. The van der Waals surface area contributed by atoms with E-state index in [1.54, 1.807) is 6.20 Å². The summed E-state index contributed by atoms with van der Waals surface area (Å²) in [6.45, 7) is 2.64. The lowest BCUT2D eigenvalue weighted by Crippen LogP contribution is -2.24. The lowest BCUT2D eigenvalue weighted by atomic mass is 10.0. The quantitative estimate of drug-likeness (QED) is 0.366. The lowest BCUT2D eigenvalue weighted by molar-refractivity contribution is 0.0946. The van der Waals surface area contributed by atoms with Gasteiger partial charge in [-0.05, 0) is 96.4 Å². The first-order valence-corrected chi connectivity index (χ1v) is 12.9. The molecule has 33 heavy (non-hydrogen) atoms. The molecule has 5 rings (SSSR count). The van der Waals surface area contributed by atoms with E-state index in [1.165, 1.54) is 47.4 Å². The highest BCUT2D eigenvalue weighted by atomic mass is 32.2. The third-order valence-corrected chi connectivity index (χ3v) is 7.40. The monoisotopic (exact) mass is 457 g/mol. The van der Waals surface area contributed by atoms with Crippen LogP contribution < -0.4 is 10.2 Å². The second kappa shape index (κ2) is 9.60. The molecule has 3 aromatic rings. The number of amides is 1. The Balaban J connectivity index is 1.24. The average Bonchev–Trinajstić information content (AvgIpc) is 3.76. The summed E-state index contributed by atoms with van der Waals surface area (Å²) in [6, 6.07) is 19.2. The van der Waals surface area contributed by atoms with Gasteiger partial charge in [0, 0.05) is 24.2 Å². The molecule has 0 radical (unpaired) electrons. The van der Waals surface area contributed by atoms with E-state index in [1.807, 2.05) is 23.9 Å². The molecule has 0 saturated heterocycles. The van der Waals surface area contributed by atoms with Gasteiger partial charge in [0.1, 0.15) is 5.69 Å². The topological polar surface area (TPSA) is 45.2 Å². The summed E-state index contributed by atoms with van der Waals surface area (Å²) < 4.78 is 0. The number of rotatable bonds is 9. The summed E-state index contributed by atoms with van der Waals surface area (Å²) >= 11 is 1.82. The van der Waals surface area contributed by atoms with Gasteiger partial charge in [0.2, 0.25) is 0 Å². The SMILES string of the molecule is CCSc1ccc(CNC(=O)c2ccc(N(C)c3cc(C4CC4)cc(C4CC4)c3)cn2)cc1. The van der Waals surface area contributed by atoms with Gasteiger partial charge in [-0.3, -0.25) is 4.79 Å². The van der Waals surface area contributed by atoms with Crippen molar-refractivity contribution in [2.24, 2.45) is 0 Å². The summed E-state index contributed by atoms with van der Waals surface area (Å²) in [4.78, 5) is 20.5. The van der Waals surface area contributed by atoms with Crippen molar-refractivity contribution >= 4 is 29.0 Å². The predicted octanol–water partition coefficient (Wildman–Crippen LogP) is 6.65. The van der Waals surface area contributed by atoms with Gasteiger partial charge in [-0.1, -0.05) is 25.1 Å². The maximum absolute atomic E-state index is 12.6. The largest absolute Gasteiger partial charge is 0.347 e. The number of nitrogens with one attached hydrogen (secondary N) is 1. The molecule has 1 N–H and O–H groups in total. The molecule has 0 spiro atoms. The van der Waals surface area contributed by atoms with Crippen molar-refractivity contribution in [3.8, 4) is 0 Å². The molecule has 2 aliphatic rings. The molecule has 0 atom stereocenters. The number of benzene rings is 2. The molecule has 2 saturated carbocycles. The fraction of sp³-hybridized carbons (Fsp3) is 0.357. The smallest absolute Gasteiger partial charge is 0.270 e. The highest BCUT2D eigenvalue weighted by molar-refractivity contribution is 7.99. The Bertz CT molecular complexity index is 1090. The van der Waals surface area contributed by atoms with E-state index in [9.17, 15) is 4.79 Å². The van der Waals surface area contributed by atoms with Crippen LogP contribution in [0, 0.1) is 0 Å². The number of thioether (sulfide) groups is 1. The minimum absolute atomic E-state index is 0.150. The van der Waals surface area contributed by atoms with Crippen molar-refractivity contribution in [1.82, 2.24) is 10.3 Å². The van der Waals surface area contributed by atoms with Gasteiger partial charge in [-0.25, -0.2) is 4.98 Å². The van der Waals surface area contributed by atoms with Crippen LogP contribution in [0.25, 0.3) is 0 Å². The Hall–Kier alpha value is -2.79. The molecule has 1 amide bonds. The van der Waals surface area contributed by atoms with Crippen LogP contribution in [0.4, 0.5) is 11.4 Å². The molecule has 170 valence electrons. The minimum Gasteiger partial charge on any atom is -0.347 e. The fourth-order valence-electron chi connectivity index (χ4n) is 4.17. The van der Waals surface area contributed by atoms with Crippen molar-refractivity contribution in [2.45, 2.75) is 55.9 Å². The molecule has 2 aromatic carbocycles. The summed E-state index contributed by atoms with van der Waals surface area (Å²) in [5.74, 6) is 2.38. The summed E-state index contributed by atoms with van der Waals surface area (Å²) in [5, 5.41) is 2.98. The van der Waals surface area contributed by atoms with Gasteiger partial charge in [0.25, 0.3) is 5.91 Å². The number of anilines is 2. The first-order valence-electron chi connectivity index (χ1n) is 12.0. The Labute approximate surface area is 200 Å². The Kier molecular flexibility index (Phi) is 6.41. The van der Waals surface area contributed by atoms with Crippen molar-refractivity contribution in [3.63, 3.8) is 0 Å². The first-order chi connectivity index (χ1) is 16.1. The van der Waals surface area contributed by atoms with E-state index >= 15 is 0 Å². The number of hydrogen-bond acceptors (Lipinski definition) is 4. The van der Waals surface area contributed by atoms with Crippen LogP contribution in [0.3, 0.4) is 0 Å². The maximum Gasteiger partial charge on any atom is 0.270 e. The Morgan fingerprint density at radius 2 is 1.64 bits per heavy atom. The van der Waals surface area contributed by atoms with E-state index in [0.717, 1.165) is 28.8 Å². The molecule has 0 unspecified atom stereocenters. The normalized spacial score (nSPS) is 15.3. The van der Waals surface area contributed by atoms with Crippen molar-refractivity contribution in [3.05, 3.63) is 83.2 Å². The van der Waals surface area contributed by atoms with Crippen molar-refractivity contribution in [1.29, 1.82) is 0 Å². The maximum atomic E-state index is 12.6. The fourth-order valence-corrected chi connectivity index (χ4v) is 4.83. The van der Waals surface area contributed by atoms with E-state index in [4.69, 9.17) is 0 Å². The summed E-state index contributed by atoms with van der Waals surface area (Å²) in [6.07, 6.45) is 7.04. The molecule has 2 aliphatic carbocycles. The first kappa shape index (κ1) is 22.0. The van der Waals surface area contributed by atoms with Crippen LogP contribution in [0.5, 0.6) is 0 Å². The van der Waals surface area contributed by atoms with Gasteiger partial charge in [-0.2, -0.15) is 0 Å². The van der Waals surface area contributed by atoms with Crippen LogP contribution >= 0.6 is 11.8 Å². The van der Waals surface area contributed by atoms with Gasteiger partial charge >= 0.3 is 0 Å². The Morgan fingerprint density at radius 1 is 0.970 bits per heavy atom. The molecular formula is C28H31N3OS. The molecule has 0 aliphatic heterocycles. The Morgan fingerprint density at radius 3 is 2.18 bits per heavy atom. The molecule has 4 nitrogen and oxygen atoms in total. The molecule has 5 heteroatoms. The standard InChI is InChI=1S/C28H31N3OS/c1-3-33-26-11-4-19(5-12-26)17-30-28(32)27-13-10-24(18-29-27)31(2)25-15-22(20-6-7-20)14-23(16-25)21-8-9-21/h4-5,10-16,18,20-21H,3,6-9,17H2,1-2H3,(H,30,32). The van der Waals surface area contributed by atoms with Gasteiger partial charge in [0.05, 0.1) is 11.9 Å². The average molecular weight is 458 g/mol. The number of pyridine rings is 1. The number of aromatic nitrogens is 1. The third-order valence-electron chi connectivity index (χ3n) is 6.50. The van der Waals surface area contributed by atoms with Crippen LogP contribution in [0.2, 0.25) is 0 Å². The molecule has 1 aromatic heterocycles. The van der Waals surface area contributed by atoms with E-state index in [0.29, 0.717) is 12.2 Å². The summed E-state index contributed by atoms with van der Waals surface area (Å²) in [7, 11) is 2.08. The van der Waals surface area contributed by atoms with Gasteiger partial charge < -0.3 is 10.2 Å². The second-order valence-corrected chi connectivity index (χ2v) is 10.5. The molecule has 2 fully saturated rings. The van der Waals surface area contributed by atoms with Gasteiger partial charge in [-0.15, -0.1) is 11.8 Å². The van der Waals surface area contributed by atoms with E-state index < -0.39 is 0 Å². The minimum atomic E-state index is -0.150. The predicted molar refractivity (Wildman–Crippen MR) is 137 cm³/mol.